The van der Waals surface area contributed by atoms with Crippen molar-refractivity contribution in [2.24, 2.45) is 19.5 Å². The standard InChI is InChI=1S/C12H17N3O2/c1-8(12(2,3)7-13)9-6-14(4)11(17)15(5)10(9)16/h6,8H,1-5H3/t8-/m1/s1. The van der Waals surface area contributed by atoms with Crippen LogP contribution in [0.5, 0.6) is 0 Å². The predicted molar refractivity (Wildman–Crippen MR) is 64.7 cm³/mol. The lowest BCUT2D eigenvalue weighted by atomic mass is 9.78. The van der Waals surface area contributed by atoms with Crippen LogP contribution in [0.25, 0.3) is 0 Å². The highest BCUT2D eigenvalue weighted by Gasteiger charge is 2.29. The molecule has 0 fully saturated rings. The summed E-state index contributed by atoms with van der Waals surface area (Å²) < 4.78 is 2.43. The first-order valence-corrected chi connectivity index (χ1v) is 5.40. The summed E-state index contributed by atoms with van der Waals surface area (Å²) in [7, 11) is 3.04. The van der Waals surface area contributed by atoms with Crippen molar-refractivity contribution in [3.63, 3.8) is 0 Å². The first-order chi connectivity index (χ1) is 7.72. The summed E-state index contributed by atoms with van der Waals surface area (Å²) in [6.07, 6.45) is 1.52. The zero-order valence-electron chi connectivity index (χ0n) is 10.8. The number of nitrogens with zero attached hydrogens (tertiary/aromatic N) is 3. The van der Waals surface area contributed by atoms with Crippen molar-refractivity contribution in [2.75, 3.05) is 0 Å². The van der Waals surface area contributed by atoms with Crippen LogP contribution in [0.15, 0.2) is 15.8 Å². The van der Waals surface area contributed by atoms with Crippen LogP contribution in [0, 0.1) is 16.7 Å². The number of hydrogen-bond donors (Lipinski definition) is 0. The molecule has 5 heteroatoms. The Morgan fingerprint density at radius 2 is 1.88 bits per heavy atom. The van der Waals surface area contributed by atoms with Crippen molar-refractivity contribution in [1.82, 2.24) is 9.13 Å². The zero-order chi connectivity index (χ0) is 13.4. The van der Waals surface area contributed by atoms with Gasteiger partial charge in [0.15, 0.2) is 0 Å². The fraction of sp³-hybridized carbons (Fsp3) is 0.583. The smallest absolute Gasteiger partial charge is 0.303 e. The predicted octanol–water partition coefficient (Wildman–Crippen LogP) is 0.737. The molecular weight excluding hydrogens is 218 g/mol. The minimum atomic E-state index is -0.649. The molecule has 0 saturated heterocycles. The molecule has 0 radical (unpaired) electrons. The van der Waals surface area contributed by atoms with Crippen molar-refractivity contribution in [3.05, 3.63) is 32.6 Å². The fourth-order valence-electron chi connectivity index (χ4n) is 1.62. The maximum absolute atomic E-state index is 12.0. The van der Waals surface area contributed by atoms with Crippen molar-refractivity contribution in [1.29, 1.82) is 5.26 Å². The molecule has 0 amide bonds. The number of rotatable bonds is 2. The molecule has 0 spiro atoms. The normalized spacial score (nSPS) is 13.2. The number of aromatic nitrogens is 2. The second-order valence-corrected chi connectivity index (χ2v) is 4.90. The van der Waals surface area contributed by atoms with E-state index in [1.54, 1.807) is 20.9 Å². The molecule has 92 valence electrons. The van der Waals surface area contributed by atoms with Crippen LogP contribution in [0.2, 0.25) is 0 Å². The molecule has 5 nitrogen and oxygen atoms in total. The molecule has 0 unspecified atom stereocenters. The van der Waals surface area contributed by atoms with E-state index >= 15 is 0 Å². The average molecular weight is 235 g/mol. The summed E-state index contributed by atoms with van der Waals surface area (Å²) >= 11 is 0. The lowest BCUT2D eigenvalue weighted by molar-refractivity contribution is 0.400. The van der Waals surface area contributed by atoms with E-state index in [1.807, 2.05) is 6.92 Å². The van der Waals surface area contributed by atoms with Crippen LogP contribution in [-0.4, -0.2) is 9.13 Å². The van der Waals surface area contributed by atoms with Crippen molar-refractivity contribution in [2.45, 2.75) is 26.7 Å². The summed E-state index contributed by atoms with van der Waals surface area (Å²) in [6, 6.07) is 2.18. The lowest BCUT2D eigenvalue weighted by Gasteiger charge is -2.24. The highest BCUT2D eigenvalue weighted by molar-refractivity contribution is 5.18. The molecular formula is C12H17N3O2. The Morgan fingerprint density at radius 1 is 1.35 bits per heavy atom. The van der Waals surface area contributed by atoms with E-state index in [1.165, 1.54) is 17.8 Å². The Balaban J connectivity index is 3.51. The van der Waals surface area contributed by atoms with Crippen molar-refractivity contribution in [3.8, 4) is 6.07 Å². The summed E-state index contributed by atoms with van der Waals surface area (Å²) in [5, 5.41) is 9.08. The van der Waals surface area contributed by atoms with Crippen LogP contribution in [-0.2, 0) is 14.1 Å². The number of nitriles is 1. The van der Waals surface area contributed by atoms with Gasteiger partial charge in [-0.25, -0.2) is 4.79 Å². The van der Waals surface area contributed by atoms with E-state index in [4.69, 9.17) is 5.26 Å². The van der Waals surface area contributed by atoms with Gasteiger partial charge in [-0.05, 0) is 13.8 Å². The van der Waals surface area contributed by atoms with E-state index in [9.17, 15) is 9.59 Å². The topological polar surface area (TPSA) is 67.8 Å². The van der Waals surface area contributed by atoms with Crippen LogP contribution in [0.1, 0.15) is 32.3 Å². The minimum Gasteiger partial charge on any atom is -0.303 e. The van der Waals surface area contributed by atoms with Gasteiger partial charge < -0.3 is 4.57 Å². The van der Waals surface area contributed by atoms with Crippen LogP contribution >= 0.6 is 0 Å². The summed E-state index contributed by atoms with van der Waals surface area (Å²) in [5.41, 5.74) is -0.852. The van der Waals surface area contributed by atoms with Crippen LogP contribution in [0.4, 0.5) is 0 Å². The Morgan fingerprint density at radius 3 is 2.35 bits per heavy atom. The average Bonchev–Trinajstić information content (AvgIpc) is 2.30. The van der Waals surface area contributed by atoms with Crippen molar-refractivity contribution >= 4 is 0 Å². The van der Waals surface area contributed by atoms with Gasteiger partial charge in [0, 0.05) is 31.8 Å². The van der Waals surface area contributed by atoms with Gasteiger partial charge in [0.05, 0.1) is 11.5 Å². The molecule has 1 rings (SSSR count). The summed E-state index contributed by atoms with van der Waals surface area (Å²) in [6.45, 7) is 5.38. The maximum Gasteiger partial charge on any atom is 0.330 e. The van der Waals surface area contributed by atoms with Gasteiger partial charge in [0.1, 0.15) is 0 Å². The molecule has 0 aliphatic rings. The van der Waals surface area contributed by atoms with E-state index < -0.39 is 5.41 Å². The van der Waals surface area contributed by atoms with Gasteiger partial charge in [-0.15, -0.1) is 0 Å². The molecule has 0 N–H and O–H groups in total. The largest absolute Gasteiger partial charge is 0.330 e. The minimum absolute atomic E-state index is 0.238. The maximum atomic E-state index is 12.0. The van der Waals surface area contributed by atoms with Gasteiger partial charge >= 0.3 is 5.69 Å². The Labute approximate surface area is 99.9 Å². The second-order valence-electron chi connectivity index (χ2n) is 4.90. The monoisotopic (exact) mass is 235 g/mol. The molecule has 17 heavy (non-hydrogen) atoms. The highest BCUT2D eigenvalue weighted by Crippen LogP contribution is 2.32. The molecule has 1 atom stereocenters. The van der Waals surface area contributed by atoms with Gasteiger partial charge in [0.25, 0.3) is 5.56 Å². The van der Waals surface area contributed by atoms with E-state index in [2.05, 4.69) is 6.07 Å². The summed E-state index contributed by atoms with van der Waals surface area (Å²) in [5.74, 6) is -0.238. The first kappa shape index (κ1) is 13.2. The third-order valence-corrected chi connectivity index (χ3v) is 3.31. The SMILES string of the molecule is C[C@H](c1cn(C)c(=O)n(C)c1=O)C(C)(C)C#N. The first-order valence-electron chi connectivity index (χ1n) is 5.40. The Bertz CT molecular complexity index is 587. The molecule has 0 saturated carbocycles. The molecule has 1 aromatic heterocycles. The van der Waals surface area contributed by atoms with Gasteiger partial charge in [-0.3, -0.25) is 9.36 Å². The molecule has 1 aromatic rings. The van der Waals surface area contributed by atoms with Gasteiger partial charge in [-0.1, -0.05) is 6.92 Å². The molecule has 0 aliphatic heterocycles. The van der Waals surface area contributed by atoms with Gasteiger partial charge in [0.2, 0.25) is 0 Å². The third kappa shape index (κ3) is 2.16. The van der Waals surface area contributed by atoms with E-state index in [0.29, 0.717) is 5.56 Å². The van der Waals surface area contributed by atoms with Crippen LogP contribution in [0.3, 0.4) is 0 Å². The van der Waals surface area contributed by atoms with Crippen molar-refractivity contribution < 1.29 is 0 Å². The summed E-state index contributed by atoms with van der Waals surface area (Å²) in [4.78, 5) is 23.5. The molecule has 0 aromatic carbocycles. The molecule has 0 bridgehead atoms. The lowest BCUT2D eigenvalue weighted by Crippen LogP contribution is -2.40. The van der Waals surface area contributed by atoms with Gasteiger partial charge in [-0.2, -0.15) is 5.26 Å². The second kappa shape index (κ2) is 4.21. The van der Waals surface area contributed by atoms with E-state index in [-0.39, 0.29) is 17.2 Å². The molecule has 1 heterocycles. The quantitative estimate of drug-likeness (QED) is 0.759. The Kier molecular flexibility index (Phi) is 3.28. The van der Waals surface area contributed by atoms with E-state index in [0.717, 1.165) is 4.57 Å². The van der Waals surface area contributed by atoms with Crippen LogP contribution < -0.4 is 11.2 Å². The number of aryl methyl sites for hydroxylation is 1. The number of hydrogen-bond acceptors (Lipinski definition) is 3. The third-order valence-electron chi connectivity index (χ3n) is 3.31. The Hall–Kier alpha value is -1.83. The fourth-order valence-corrected chi connectivity index (χ4v) is 1.62. The highest BCUT2D eigenvalue weighted by atomic mass is 16.2. The molecule has 0 aliphatic carbocycles. The zero-order valence-corrected chi connectivity index (χ0v) is 10.8.